The van der Waals surface area contributed by atoms with Gasteiger partial charge in [0.2, 0.25) is 5.95 Å². The quantitative estimate of drug-likeness (QED) is 0.458. The summed E-state index contributed by atoms with van der Waals surface area (Å²) >= 11 is 6.08. The van der Waals surface area contributed by atoms with Gasteiger partial charge in [-0.3, -0.25) is 4.79 Å². The van der Waals surface area contributed by atoms with Crippen molar-refractivity contribution in [2.24, 2.45) is 0 Å². The molecule has 0 radical (unpaired) electrons. The Morgan fingerprint density at radius 1 is 1.13 bits per heavy atom. The van der Waals surface area contributed by atoms with E-state index in [1.807, 2.05) is 43.3 Å². The van der Waals surface area contributed by atoms with E-state index < -0.39 is 6.04 Å². The van der Waals surface area contributed by atoms with Gasteiger partial charge in [-0.15, -0.1) is 0 Å². The monoisotopic (exact) mass is 421 g/mol. The molecule has 0 bridgehead atoms. The van der Waals surface area contributed by atoms with Crippen LogP contribution in [0, 0.1) is 0 Å². The molecule has 3 heterocycles. The predicted molar refractivity (Wildman–Crippen MR) is 111 cm³/mol. The standard InChI is InChI=1S/C20H16ClN7O2/c1-2-30-14-9-5-11(6-10-14)16-15-17(19(29)24-23-16)22-20-25-26-27-28(20)18(15)12-3-7-13(21)8-4-12/h3-10,18H,2H2,1H3,(H,24,29)(H,22,25,27). The van der Waals surface area contributed by atoms with Crippen LogP contribution < -0.4 is 15.6 Å². The molecule has 9 nitrogen and oxygen atoms in total. The number of anilines is 2. The van der Waals surface area contributed by atoms with Gasteiger partial charge in [0.05, 0.1) is 12.3 Å². The number of hydrogen-bond acceptors (Lipinski definition) is 7. The van der Waals surface area contributed by atoms with E-state index in [1.165, 1.54) is 0 Å². The predicted octanol–water partition coefficient (Wildman–Crippen LogP) is 3.17. The van der Waals surface area contributed by atoms with Gasteiger partial charge in [0, 0.05) is 16.1 Å². The number of H-pyrrole nitrogens is 1. The van der Waals surface area contributed by atoms with E-state index in [9.17, 15) is 4.79 Å². The smallest absolute Gasteiger partial charge is 0.288 e. The number of nitrogens with one attached hydrogen (secondary N) is 2. The second-order valence-electron chi connectivity index (χ2n) is 6.67. The molecule has 1 atom stereocenters. The average Bonchev–Trinajstić information content (AvgIpc) is 3.23. The fraction of sp³-hybridized carbons (Fsp3) is 0.150. The van der Waals surface area contributed by atoms with Crippen LogP contribution in [0.5, 0.6) is 5.75 Å². The van der Waals surface area contributed by atoms with Crippen molar-refractivity contribution in [1.82, 2.24) is 30.4 Å². The second kappa shape index (κ2) is 7.27. The Hall–Kier alpha value is -3.72. The van der Waals surface area contributed by atoms with Crippen LogP contribution in [0.4, 0.5) is 11.6 Å². The molecule has 0 saturated heterocycles. The third-order valence-corrected chi connectivity index (χ3v) is 5.14. The van der Waals surface area contributed by atoms with Gasteiger partial charge in [0.1, 0.15) is 17.5 Å². The Balaban J connectivity index is 1.73. The summed E-state index contributed by atoms with van der Waals surface area (Å²) in [7, 11) is 0. The minimum absolute atomic E-state index is 0.354. The van der Waals surface area contributed by atoms with E-state index >= 15 is 0 Å². The number of hydrogen-bond donors (Lipinski definition) is 2. The topological polar surface area (TPSA) is 111 Å². The average molecular weight is 422 g/mol. The van der Waals surface area contributed by atoms with Crippen molar-refractivity contribution in [3.05, 3.63) is 75.0 Å². The summed E-state index contributed by atoms with van der Waals surface area (Å²) < 4.78 is 7.16. The summed E-state index contributed by atoms with van der Waals surface area (Å²) in [6, 6.07) is 14.4. The first-order chi connectivity index (χ1) is 14.7. The number of fused-ring (bicyclic) bond motifs is 2. The van der Waals surface area contributed by atoms with E-state index in [0.29, 0.717) is 34.5 Å². The SMILES string of the molecule is CCOc1ccc(-c2n[nH]c(=O)c3c2C(c2ccc(Cl)cc2)n2nnnc2N3)cc1. The van der Waals surface area contributed by atoms with Crippen LogP contribution in [0.25, 0.3) is 11.3 Å². The summed E-state index contributed by atoms with van der Waals surface area (Å²) in [6.07, 6.45) is 0. The van der Waals surface area contributed by atoms with Gasteiger partial charge in [0.25, 0.3) is 5.56 Å². The van der Waals surface area contributed by atoms with Crippen molar-refractivity contribution in [3.8, 4) is 17.0 Å². The third kappa shape index (κ3) is 3.00. The number of tetrazole rings is 1. The zero-order valence-electron chi connectivity index (χ0n) is 15.8. The molecular formula is C20H16ClN7O2. The molecule has 0 spiro atoms. The highest BCUT2D eigenvalue weighted by molar-refractivity contribution is 6.30. The lowest BCUT2D eigenvalue weighted by Gasteiger charge is -2.27. The molecule has 4 aromatic rings. The lowest BCUT2D eigenvalue weighted by molar-refractivity contribution is 0.340. The molecule has 5 rings (SSSR count). The highest BCUT2D eigenvalue weighted by Gasteiger charge is 2.34. The molecule has 0 fully saturated rings. The first-order valence-electron chi connectivity index (χ1n) is 9.32. The maximum absolute atomic E-state index is 12.6. The van der Waals surface area contributed by atoms with Crippen LogP contribution in [0.1, 0.15) is 24.1 Å². The summed E-state index contributed by atoms with van der Waals surface area (Å²) in [5.74, 6) is 1.13. The molecule has 1 unspecified atom stereocenters. The van der Waals surface area contributed by atoms with Crippen molar-refractivity contribution in [1.29, 1.82) is 0 Å². The molecule has 2 aromatic carbocycles. The van der Waals surface area contributed by atoms with Crippen LogP contribution in [0.3, 0.4) is 0 Å². The minimum Gasteiger partial charge on any atom is -0.494 e. The van der Waals surface area contributed by atoms with Crippen molar-refractivity contribution < 1.29 is 4.74 Å². The molecule has 1 aliphatic heterocycles. The molecule has 10 heteroatoms. The fourth-order valence-corrected chi connectivity index (χ4v) is 3.71. The Bertz CT molecular complexity index is 1270. The van der Waals surface area contributed by atoms with E-state index in [2.05, 4.69) is 31.0 Å². The molecule has 2 N–H and O–H groups in total. The molecule has 2 aromatic heterocycles. The van der Waals surface area contributed by atoms with E-state index in [-0.39, 0.29) is 5.56 Å². The highest BCUT2D eigenvalue weighted by Crippen LogP contribution is 2.41. The first kappa shape index (κ1) is 18.3. The van der Waals surface area contributed by atoms with Crippen LogP contribution in [0.2, 0.25) is 5.02 Å². The zero-order valence-corrected chi connectivity index (χ0v) is 16.6. The van der Waals surface area contributed by atoms with Crippen LogP contribution in [-0.4, -0.2) is 37.0 Å². The summed E-state index contributed by atoms with van der Waals surface area (Å²) in [5.41, 5.74) is 2.98. The molecule has 0 aliphatic carbocycles. The maximum Gasteiger partial charge on any atom is 0.288 e. The van der Waals surface area contributed by atoms with Crippen molar-refractivity contribution in [3.63, 3.8) is 0 Å². The van der Waals surface area contributed by atoms with Crippen LogP contribution >= 0.6 is 11.6 Å². The summed E-state index contributed by atoms with van der Waals surface area (Å²) in [6.45, 7) is 2.51. The Morgan fingerprint density at radius 3 is 2.63 bits per heavy atom. The third-order valence-electron chi connectivity index (χ3n) is 4.89. The van der Waals surface area contributed by atoms with Gasteiger partial charge in [0.15, 0.2) is 0 Å². The van der Waals surface area contributed by atoms with Gasteiger partial charge < -0.3 is 10.1 Å². The van der Waals surface area contributed by atoms with Gasteiger partial charge in [-0.2, -0.15) is 9.78 Å². The van der Waals surface area contributed by atoms with Gasteiger partial charge >= 0.3 is 0 Å². The number of aromatic amines is 1. The number of nitrogens with zero attached hydrogens (tertiary/aromatic N) is 5. The number of benzene rings is 2. The zero-order chi connectivity index (χ0) is 20.7. The van der Waals surface area contributed by atoms with Gasteiger partial charge in [-0.1, -0.05) is 28.8 Å². The molecule has 30 heavy (non-hydrogen) atoms. The van der Waals surface area contributed by atoms with Gasteiger partial charge in [-0.05, 0) is 59.3 Å². The molecule has 150 valence electrons. The first-order valence-corrected chi connectivity index (χ1v) is 9.69. The van der Waals surface area contributed by atoms with E-state index in [1.54, 1.807) is 16.8 Å². The van der Waals surface area contributed by atoms with Crippen molar-refractivity contribution in [2.45, 2.75) is 13.0 Å². The fourth-order valence-electron chi connectivity index (χ4n) is 3.59. The number of halogens is 1. The number of ether oxygens (including phenoxy) is 1. The largest absolute Gasteiger partial charge is 0.494 e. The molecular weight excluding hydrogens is 406 g/mol. The lowest BCUT2D eigenvalue weighted by atomic mass is 9.92. The minimum atomic E-state index is -0.458. The normalized spacial score (nSPS) is 14.5. The lowest BCUT2D eigenvalue weighted by Crippen LogP contribution is -2.29. The Morgan fingerprint density at radius 2 is 1.90 bits per heavy atom. The summed E-state index contributed by atoms with van der Waals surface area (Å²) in [5, 5.41) is 22.5. The van der Waals surface area contributed by atoms with E-state index in [4.69, 9.17) is 16.3 Å². The Labute approximate surface area is 175 Å². The summed E-state index contributed by atoms with van der Waals surface area (Å²) in [4.78, 5) is 12.6. The molecule has 0 saturated carbocycles. The Kier molecular flexibility index (Phi) is 4.44. The van der Waals surface area contributed by atoms with Crippen molar-refractivity contribution >= 4 is 23.2 Å². The second-order valence-corrected chi connectivity index (χ2v) is 7.11. The number of rotatable bonds is 4. The molecule has 0 amide bonds. The maximum atomic E-state index is 12.6. The number of aromatic nitrogens is 6. The van der Waals surface area contributed by atoms with Crippen LogP contribution in [-0.2, 0) is 0 Å². The van der Waals surface area contributed by atoms with Gasteiger partial charge in [-0.25, -0.2) is 5.10 Å². The van der Waals surface area contributed by atoms with E-state index in [0.717, 1.165) is 16.9 Å². The highest BCUT2D eigenvalue weighted by atomic mass is 35.5. The van der Waals surface area contributed by atoms with Crippen LogP contribution in [0.15, 0.2) is 53.3 Å². The van der Waals surface area contributed by atoms with Crippen molar-refractivity contribution in [2.75, 3.05) is 11.9 Å². The molecule has 1 aliphatic rings.